The number of nitrogens with one attached hydrogen (secondary N) is 1. The van der Waals surface area contributed by atoms with Crippen LogP contribution in [0.1, 0.15) is 23.7 Å². The normalized spacial score (nSPS) is 11.4. The molecule has 29 heavy (non-hydrogen) atoms. The zero-order valence-corrected chi connectivity index (χ0v) is 17.7. The van der Waals surface area contributed by atoms with Gasteiger partial charge in [0.2, 0.25) is 0 Å². The number of fused-ring (bicyclic) bond motifs is 1. The molecule has 0 aliphatic carbocycles. The number of benzene rings is 2. The minimum absolute atomic E-state index is 0.000391. The molecule has 1 N–H and O–H groups in total. The minimum atomic E-state index is -3.99. The molecule has 0 aliphatic heterocycles. The predicted octanol–water partition coefficient (Wildman–Crippen LogP) is 3.07. The lowest BCUT2D eigenvalue weighted by Gasteiger charge is -2.13. The van der Waals surface area contributed by atoms with Gasteiger partial charge in [0, 0.05) is 6.54 Å². The van der Waals surface area contributed by atoms with Gasteiger partial charge in [0.05, 0.1) is 40.6 Å². The van der Waals surface area contributed by atoms with Gasteiger partial charge in [-0.1, -0.05) is 18.3 Å². The highest BCUT2D eigenvalue weighted by Gasteiger charge is 2.20. The lowest BCUT2D eigenvalue weighted by Crippen LogP contribution is -2.14. The number of aryl methyl sites for hydroxylation is 1. The Hall–Kier alpha value is -2.85. The Morgan fingerprint density at radius 1 is 1.17 bits per heavy atom. The molecule has 0 bridgehead atoms. The van der Waals surface area contributed by atoms with Crippen LogP contribution in [0.2, 0.25) is 0 Å². The maximum absolute atomic E-state index is 12.9. The van der Waals surface area contributed by atoms with E-state index in [4.69, 9.17) is 4.74 Å². The molecule has 1 aromatic heterocycles. The summed E-state index contributed by atoms with van der Waals surface area (Å²) in [6.07, 6.45) is 0.795. The molecule has 2 aromatic carbocycles. The van der Waals surface area contributed by atoms with E-state index in [1.54, 1.807) is 10.6 Å². The topological polar surface area (TPSA) is 104 Å². The zero-order chi connectivity index (χ0) is 21.2. The zero-order valence-electron chi connectivity index (χ0n) is 16.1. The lowest BCUT2D eigenvalue weighted by molar-refractivity contribution is 0.0600. The van der Waals surface area contributed by atoms with Crippen LogP contribution < -0.4 is 14.3 Å². The first kappa shape index (κ1) is 20.9. The van der Waals surface area contributed by atoms with Gasteiger partial charge >= 0.3 is 10.8 Å². The van der Waals surface area contributed by atoms with E-state index in [9.17, 15) is 18.0 Å². The molecule has 0 spiro atoms. The van der Waals surface area contributed by atoms with E-state index in [0.29, 0.717) is 16.8 Å². The minimum Gasteiger partial charge on any atom is -0.495 e. The summed E-state index contributed by atoms with van der Waals surface area (Å²) in [7, 11) is -1.36. The summed E-state index contributed by atoms with van der Waals surface area (Å²) in [5.74, 6) is -0.349. The Morgan fingerprint density at radius 3 is 2.59 bits per heavy atom. The molecule has 154 valence electrons. The van der Waals surface area contributed by atoms with Gasteiger partial charge in [0.1, 0.15) is 5.75 Å². The van der Waals surface area contributed by atoms with E-state index in [2.05, 4.69) is 9.46 Å². The lowest BCUT2D eigenvalue weighted by atomic mass is 10.2. The molecule has 1 heterocycles. The van der Waals surface area contributed by atoms with Crippen LogP contribution in [0.5, 0.6) is 5.75 Å². The van der Waals surface area contributed by atoms with Crippen LogP contribution in [0, 0.1) is 0 Å². The van der Waals surface area contributed by atoms with Crippen LogP contribution in [-0.2, 0) is 21.3 Å². The maximum Gasteiger partial charge on any atom is 0.337 e. The van der Waals surface area contributed by atoms with Crippen molar-refractivity contribution in [2.45, 2.75) is 24.8 Å². The van der Waals surface area contributed by atoms with E-state index in [1.165, 1.54) is 44.6 Å². The van der Waals surface area contributed by atoms with Crippen LogP contribution in [0.4, 0.5) is 5.69 Å². The summed E-state index contributed by atoms with van der Waals surface area (Å²) < 4.78 is 40.4. The smallest absolute Gasteiger partial charge is 0.337 e. The largest absolute Gasteiger partial charge is 0.495 e. The second-order valence-corrected chi connectivity index (χ2v) is 8.84. The molecule has 0 amide bonds. The van der Waals surface area contributed by atoms with Crippen molar-refractivity contribution in [1.82, 2.24) is 4.57 Å². The molecule has 0 aliphatic rings. The van der Waals surface area contributed by atoms with E-state index >= 15 is 0 Å². The molecule has 3 rings (SSSR count). The molecular weight excluding hydrogens is 416 g/mol. The molecule has 0 saturated carbocycles. The van der Waals surface area contributed by atoms with Crippen LogP contribution in [0.15, 0.2) is 46.1 Å². The Balaban J connectivity index is 2.01. The first-order chi connectivity index (χ1) is 13.8. The Bertz CT molecular complexity index is 1230. The Kier molecular flexibility index (Phi) is 5.94. The first-order valence-corrected chi connectivity index (χ1v) is 11.0. The molecule has 0 saturated heterocycles. The highest BCUT2D eigenvalue weighted by atomic mass is 32.2. The van der Waals surface area contributed by atoms with Gasteiger partial charge in [-0.15, -0.1) is 0 Å². The number of carbonyl (C=O) groups is 1. The molecule has 10 heteroatoms. The molecular formula is C19H20N2O6S2. The second-order valence-electron chi connectivity index (χ2n) is 6.16. The van der Waals surface area contributed by atoms with Crippen LogP contribution >= 0.6 is 11.3 Å². The third-order valence-corrected chi connectivity index (χ3v) is 6.57. The molecule has 8 nitrogen and oxygen atoms in total. The average Bonchev–Trinajstić information content (AvgIpc) is 3.02. The Morgan fingerprint density at radius 2 is 1.93 bits per heavy atom. The van der Waals surface area contributed by atoms with Crippen molar-refractivity contribution in [2.75, 3.05) is 18.9 Å². The third kappa shape index (κ3) is 4.13. The van der Waals surface area contributed by atoms with Crippen LogP contribution in [0.3, 0.4) is 0 Å². The average molecular weight is 437 g/mol. The molecule has 0 unspecified atom stereocenters. The van der Waals surface area contributed by atoms with Crippen molar-refractivity contribution >= 4 is 43.2 Å². The predicted molar refractivity (Wildman–Crippen MR) is 112 cm³/mol. The van der Waals surface area contributed by atoms with Gasteiger partial charge in [0.25, 0.3) is 10.0 Å². The van der Waals surface area contributed by atoms with Crippen LogP contribution in [0.25, 0.3) is 10.2 Å². The fourth-order valence-corrected chi connectivity index (χ4v) is 5.00. The van der Waals surface area contributed by atoms with Gasteiger partial charge in [-0.2, -0.15) is 0 Å². The summed E-state index contributed by atoms with van der Waals surface area (Å²) in [5, 5.41) is 0. The summed E-state index contributed by atoms with van der Waals surface area (Å²) >= 11 is 1.00. The highest BCUT2D eigenvalue weighted by molar-refractivity contribution is 7.92. The number of hydrogen-bond acceptors (Lipinski definition) is 7. The Labute approximate surface area is 171 Å². The van der Waals surface area contributed by atoms with E-state index < -0.39 is 16.0 Å². The maximum atomic E-state index is 12.9. The van der Waals surface area contributed by atoms with Crippen molar-refractivity contribution in [3.05, 3.63) is 51.6 Å². The summed E-state index contributed by atoms with van der Waals surface area (Å²) in [6.45, 7) is 2.54. The van der Waals surface area contributed by atoms with E-state index in [1.807, 2.05) is 6.92 Å². The number of thiazole rings is 1. The van der Waals surface area contributed by atoms with Gasteiger partial charge in [0.15, 0.2) is 0 Å². The molecule has 0 radical (unpaired) electrons. The number of esters is 1. The van der Waals surface area contributed by atoms with Crippen molar-refractivity contribution in [1.29, 1.82) is 0 Å². The van der Waals surface area contributed by atoms with Gasteiger partial charge in [-0.3, -0.25) is 14.1 Å². The van der Waals surface area contributed by atoms with E-state index in [0.717, 1.165) is 17.8 Å². The third-order valence-electron chi connectivity index (χ3n) is 4.26. The quantitative estimate of drug-likeness (QED) is 0.571. The van der Waals surface area contributed by atoms with Gasteiger partial charge in [-0.05, 0) is 42.8 Å². The monoisotopic (exact) mass is 436 g/mol. The first-order valence-electron chi connectivity index (χ1n) is 8.73. The number of carbonyl (C=O) groups excluding carboxylic acids is 1. The van der Waals surface area contributed by atoms with Gasteiger partial charge < -0.3 is 9.47 Å². The molecule has 0 fully saturated rings. The number of anilines is 1. The van der Waals surface area contributed by atoms with E-state index in [-0.39, 0.29) is 26.8 Å². The number of hydrogen-bond donors (Lipinski definition) is 1. The summed E-state index contributed by atoms with van der Waals surface area (Å²) in [5.41, 5.74) is 0.981. The number of nitrogens with zero attached hydrogens (tertiary/aromatic N) is 1. The van der Waals surface area contributed by atoms with Crippen molar-refractivity contribution in [3.63, 3.8) is 0 Å². The number of ether oxygens (including phenoxy) is 2. The van der Waals surface area contributed by atoms with Crippen molar-refractivity contribution in [3.8, 4) is 5.75 Å². The molecule has 0 atom stereocenters. The van der Waals surface area contributed by atoms with Crippen LogP contribution in [-0.4, -0.2) is 33.2 Å². The standard InChI is InChI=1S/C19H20N2O6S2/c1-4-9-21-15-7-6-13(11-17(15)28-19(21)23)29(24,25)20-14-10-12(18(22)27-3)5-8-16(14)26-2/h5-8,10-11,20H,4,9H2,1-3H3. The number of methoxy groups -OCH3 is 2. The second kappa shape index (κ2) is 8.26. The molecule has 3 aromatic rings. The summed E-state index contributed by atoms with van der Waals surface area (Å²) in [4.78, 5) is 23.8. The van der Waals surface area contributed by atoms with Crippen molar-refractivity contribution in [2.24, 2.45) is 0 Å². The number of aromatic nitrogens is 1. The van der Waals surface area contributed by atoms with Gasteiger partial charge in [-0.25, -0.2) is 13.2 Å². The van der Waals surface area contributed by atoms with Crippen molar-refractivity contribution < 1.29 is 22.7 Å². The fourth-order valence-electron chi connectivity index (χ4n) is 2.89. The fraction of sp³-hybridized carbons (Fsp3) is 0.263. The SMILES string of the molecule is CCCn1c(=O)sc2cc(S(=O)(=O)Nc3cc(C(=O)OC)ccc3OC)ccc21. The number of rotatable bonds is 7. The number of sulfonamides is 1. The summed E-state index contributed by atoms with van der Waals surface area (Å²) in [6, 6.07) is 8.83. The highest BCUT2D eigenvalue weighted by Crippen LogP contribution is 2.29.